The van der Waals surface area contributed by atoms with E-state index in [4.69, 9.17) is 0 Å². The van der Waals surface area contributed by atoms with Gasteiger partial charge in [-0.3, -0.25) is 9.78 Å². The number of amides is 1. The summed E-state index contributed by atoms with van der Waals surface area (Å²) in [7, 11) is 0. The fraction of sp³-hybridized carbons (Fsp3) is 0.500. The second kappa shape index (κ2) is 4.80. The molecular formula is C20H24N2O. The van der Waals surface area contributed by atoms with Crippen LogP contribution in [0.3, 0.4) is 0 Å². The van der Waals surface area contributed by atoms with Gasteiger partial charge < -0.3 is 5.32 Å². The fourth-order valence-electron chi connectivity index (χ4n) is 4.96. The molecule has 4 rings (SSSR count). The van der Waals surface area contributed by atoms with Crippen LogP contribution in [0.5, 0.6) is 0 Å². The third kappa shape index (κ3) is 1.95. The molecule has 0 saturated heterocycles. The normalized spacial score (nSPS) is 31.4. The van der Waals surface area contributed by atoms with Crippen molar-refractivity contribution in [2.75, 3.05) is 0 Å². The summed E-state index contributed by atoms with van der Waals surface area (Å²) in [5.74, 6) is 0.769. The van der Waals surface area contributed by atoms with Gasteiger partial charge >= 0.3 is 0 Å². The maximum atomic E-state index is 12.9. The summed E-state index contributed by atoms with van der Waals surface area (Å²) in [6.07, 6.45) is 5.39. The predicted molar refractivity (Wildman–Crippen MR) is 92.2 cm³/mol. The molecule has 2 aliphatic carbocycles. The van der Waals surface area contributed by atoms with E-state index in [0.717, 1.165) is 28.8 Å². The van der Waals surface area contributed by atoms with Gasteiger partial charge in [-0.2, -0.15) is 0 Å². The Hall–Kier alpha value is -1.90. The van der Waals surface area contributed by atoms with Crippen LogP contribution >= 0.6 is 0 Å². The highest BCUT2D eigenvalue weighted by atomic mass is 16.1. The van der Waals surface area contributed by atoms with E-state index in [1.807, 2.05) is 30.3 Å². The number of fused-ring (bicyclic) bond motifs is 3. The van der Waals surface area contributed by atoms with Crippen LogP contribution in [0.25, 0.3) is 10.9 Å². The first-order valence-corrected chi connectivity index (χ1v) is 8.58. The molecule has 2 aromatic rings. The molecule has 2 saturated carbocycles. The van der Waals surface area contributed by atoms with Gasteiger partial charge in [-0.05, 0) is 54.2 Å². The minimum atomic E-state index is 0.0400. The van der Waals surface area contributed by atoms with Crippen molar-refractivity contribution in [3.05, 3.63) is 42.1 Å². The number of nitrogens with one attached hydrogen (secondary N) is 1. The van der Waals surface area contributed by atoms with Crippen LogP contribution in [0.2, 0.25) is 0 Å². The average molecular weight is 308 g/mol. The molecule has 3 nitrogen and oxygen atoms in total. The van der Waals surface area contributed by atoms with Gasteiger partial charge in [-0.1, -0.05) is 32.9 Å². The largest absolute Gasteiger partial charge is 0.349 e. The molecule has 0 radical (unpaired) electrons. The Morgan fingerprint density at radius 2 is 2.04 bits per heavy atom. The summed E-state index contributed by atoms with van der Waals surface area (Å²) in [6.45, 7) is 7.10. The van der Waals surface area contributed by atoms with Gasteiger partial charge in [0.25, 0.3) is 5.91 Å². The van der Waals surface area contributed by atoms with E-state index in [0.29, 0.717) is 5.41 Å². The van der Waals surface area contributed by atoms with Gasteiger partial charge in [0.1, 0.15) is 0 Å². The molecule has 23 heavy (non-hydrogen) atoms. The van der Waals surface area contributed by atoms with E-state index < -0.39 is 0 Å². The van der Waals surface area contributed by atoms with E-state index in [1.54, 1.807) is 6.20 Å². The highest BCUT2D eigenvalue weighted by molar-refractivity contribution is 6.06. The summed E-state index contributed by atoms with van der Waals surface area (Å²) in [6, 6.07) is 9.91. The molecule has 120 valence electrons. The zero-order valence-corrected chi connectivity index (χ0v) is 14.1. The Kier molecular flexibility index (Phi) is 3.06. The van der Waals surface area contributed by atoms with E-state index in [-0.39, 0.29) is 17.4 Å². The second-order valence-corrected chi connectivity index (χ2v) is 8.01. The molecule has 3 heteroatoms. The first-order chi connectivity index (χ1) is 10.9. The number of aromatic nitrogens is 1. The van der Waals surface area contributed by atoms with E-state index >= 15 is 0 Å². The van der Waals surface area contributed by atoms with Gasteiger partial charge in [0, 0.05) is 23.2 Å². The lowest BCUT2D eigenvalue weighted by Gasteiger charge is -2.39. The maximum Gasteiger partial charge on any atom is 0.252 e. The molecule has 1 amide bonds. The van der Waals surface area contributed by atoms with Gasteiger partial charge in [0.15, 0.2) is 0 Å². The molecular weight excluding hydrogens is 284 g/mol. The van der Waals surface area contributed by atoms with Crippen molar-refractivity contribution >= 4 is 16.8 Å². The molecule has 2 aliphatic rings. The minimum Gasteiger partial charge on any atom is -0.349 e. The number of rotatable bonds is 2. The third-order valence-corrected chi connectivity index (χ3v) is 6.99. The van der Waals surface area contributed by atoms with E-state index in [2.05, 4.69) is 31.1 Å². The number of pyridine rings is 1. The smallest absolute Gasteiger partial charge is 0.252 e. The van der Waals surface area contributed by atoms with E-state index in [1.165, 1.54) is 12.8 Å². The molecule has 3 unspecified atom stereocenters. The SMILES string of the molecule is CC1(C)C2CCC1(C)C(NC(=O)c1cccc3ncccc13)C2. The highest BCUT2D eigenvalue weighted by Gasteiger charge is 2.61. The van der Waals surface area contributed by atoms with Gasteiger partial charge in [0.05, 0.1) is 5.52 Å². The lowest BCUT2D eigenvalue weighted by atomic mass is 9.69. The summed E-state index contributed by atoms with van der Waals surface area (Å²) in [4.78, 5) is 17.3. The van der Waals surface area contributed by atoms with Crippen LogP contribution in [0.4, 0.5) is 0 Å². The Morgan fingerprint density at radius 1 is 1.22 bits per heavy atom. The molecule has 0 spiro atoms. The van der Waals surface area contributed by atoms with Crippen molar-refractivity contribution in [2.24, 2.45) is 16.7 Å². The summed E-state index contributed by atoms with van der Waals surface area (Å²) in [5, 5.41) is 4.28. The average Bonchev–Trinajstić information content (AvgIpc) is 2.87. The maximum absolute atomic E-state index is 12.9. The van der Waals surface area contributed by atoms with Crippen LogP contribution in [0.1, 0.15) is 50.4 Å². The second-order valence-electron chi connectivity index (χ2n) is 8.01. The Morgan fingerprint density at radius 3 is 2.74 bits per heavy atom. The van der Waals surface area contributed by atoms with Gasteiger partial charge in [-0.15, -0.1) is 0 Å². The van der Waals surface area contributed by atoms with Crippen LogP contribution in [-0.4, -0.2) is 16.9 Å². The number of hydrogen-bond acceptors (Lipinski definition) is 2. The lowest BCUT2D eigenvalue weighted by Crippen LogP contribution is -2.46. The fourth-order valence-corrected chi connectivity index (χ4v) is 4.96. The first-order valence-electron chi connectivity index (χ1n) is 8.58. The zero-order chi connectivity index (χ0) is 16.2. The lowest BCUT2D eigenvalue weighted by molar-refractivity contribution is 0.0827. The van der Waals surface area contributed by atoms with Gasteiger partial charge in [-0.25, -0.2) is 0 Å². The molecule has 2 bridgehead atoms. The summed E-state index contributed by atoms with van der Waals surface area (Å²) in [5.41, 5.74) is 2.13. The highest BCUT2D eigenvalue weighted by Crippen LogP contribution is 2.65. The molecule has 2 fully saturated rings. The number of carbonyl (C=O) groups is 1. The van der Waals surface area contributed by atoms with Crippen molar-refractivity contribution in [3.8, 4) is 0 Å². The van der Waals surface area contributed by atoms with Crippen molar-refractivity contribution in [3.63, 3.8) is 0 Å². The van der Waals surface area contributed by atoms with Crippen LogP contribution in [0.15, 0.2) is 36.5 Å². The predicted octanol–water partition coefficient (Wildman–Crippen LogP) is 4.18. The van der Waals surface area contributed by atoms with E-state index in [9.17, 15) is 4.79 Å². The minimum absolute atomic E-state index is 0.0400. The third-order valence-electron chi connectivity index (χ3n) is 6.99. The molecule has 1 N–H and O–H groups in total. The quantitative estimate of drug-likeness (QED) is 0.904. The number of benzene rings is 1. The van der Waals surface area contributed by atoms with Crippen molar-refractivity contribution in [1.82, 2.24) is 10.3 Å². The zero-order valence-electron chi connectivity index (χ0n) is 14.1. The number of hydrogen-bond donors (Lipinski definition) is 1. The standard InChI is InChI=1S/C20H24N2O/c1-19(2)13-9-10-20(19,3)17(12-13)22-18(23)15-6-4-8-16-14(15)7-5-11-21-16/h4-8,11,13,17H,9-10,12H2,1-3H3,(H,22,23). The monoisotopic (exact) mass is 308 g/mol. The van der Waals surface area contributed by atoms with Crippen LogP contribution < -0.4 is 5.32 Å². The molecule has 1 aromatic heterocycles. The van der Waals surface area contributed by atoms with Crippen molar-refractivity contribution in [2.45, 2.75) is 46.1 Å². The molecule has 1 aromatic carbocycles. The number of carbonyl (C=O) groups excluding carboxylic acids is 1. The summed E-state index contributed by atoms with van der Waals surface area (Å²) >= 11 is 0. The van der Waals surface area contributed by atoms with Crippen molar-refractivity contribution in [1.29, 1.82) is 0 Å². The van der Waals surface area contributed by atoms with Crippen LogP contribution in [0, 0.1) is 16.7 Å². The molecule has 0 aliphatic heterocycles. The Balaban J connectivity index is 1.64. The first kappa shape index (κ1) is 14.7. The number of nitrogens with zero attached hydrogens (tertiary/aromatic N) is 1. The van der Waals surface area contributed by atoms with Gasteiger partial charge in [0.2, 0.25) is 0 Å². The molecule has 3 atom stereocenters. The molecule has 1 heterocycles. The topological polar surface area (TPSA) is 42.0 Å². The Labute approximate surface area is 137 Å². The Bertz CT molecular complexity index is 777. The summed E-state index contributed by atoms with van der Waals surface area (Å²) < 4.78 is 0. The van der Waals surface area contributed by atoms with Crippen LogP contribution in [-0.2, 0) is 0 Å². The van der Waals surface area contributed by atoms with Crippen molar-refractivity contribution < 1.29 is 4.79 Å².